The van der Waals surface area contributed by atoms with Gasteiger partial charge < -0.3 is 4.74 Å². The van der Waals surface area contributed by atoms with E-state index in [0.29, 0.717) is 11.2 Å². The summed E-state index contributed by atoms with van der Waals surface area (Å²) in [6.45, 7) is 3.73. The number of carbonyl (C=O) groups is 1. The van der Waals surface area contributed by atoms with Gasteiger partial charge in [-0.05, 0) is 25.5 Å². The van der Waals surface area contributed by atoms with Crippen LogP contribution in [0.5, 0.6) is 0 Å². The first kappa shape index (κ1) is 10.6. The number of imidazole rings is 1. The zero-order valence-electron chi connectivity index (χ0n) is 9.03. The number of aryl methyl sites for hydroxylation is 1. The molecule has 0 aliphatic heterocycles. The maximum Gasteiger partial charge on any atom is 0.356 e. The Labute approximate surface area is 91.7 Å². The van der Waals surface area contributed by atoms with Crippen molar-refractivity contribution in [2.24, 2.45) is 0 Å². The van der Waals surface area contributed by atoms with Crippen molar-refractivity contribution in [3.05, 3.63) is 35.5 Å². The summed E-state index contributed by atoms with van der Waals surface area (Å²) in [6.07, 6.45) is 2.61. The highest BCUT2D eigenvalue weighted by Crippen LogP contribution is 2.14. The molecule has 0 saturated carbocycles. The average Bonchev–Trinajstić information content (AvgIpc) is 2.61. The van der Waals surface area contributed by atoms with Crippen LogP contribution in [-0.4, -0.2) is 22.0 Å². The molecule has 2 heterocycles. The lowest BCUT2D eigenvalue weighted by Crippen LogP contribution is -2.08. The highest BCUT2D eigenvalue weighted by atomic mass is 19.1. The van der Waals surface area contributed by atoms with Gasteiger partial charge in [-0.3, -0.25) is 4.40 Å². The second-order valence-electron chi connectivity index (χ2n) is 3.40. The summed E-state index contributed by atoms with van der Waals surface area (Å²) >= 11 is 0. The topological polar surface area (TPSA) is 43.6 Å². The highest BCUT2D eigenvalue weighted by molar-refractivity contribution is 5.88. The minimum absolute atomic E-state index is 0.236. The summed E-state index contributed by atoms with van der Waals surface area (Å²) in [5.41, 5.74) is 1.47. The van der Waals surface area contributed by atoms with Crippen molar-refractivity contribution in [3.8, 4) is 0 Å². The van der Waals surface area contributed by atoms with Crippen LogP contribution in [0.4, 0.5) is 4.39 Å². The Kier molecular flexibility index (Phi) is 2.60. The molecular formula is C11H11FN2O2. The minimum atomic E-state index is -0.500. The van der Waals surface area contributed by atoms with Crippen LogP contribution in [0.1, 0.15) is 23.0 Å². The number of ether oxygens (including phenoxy) is 1. The van der Waals surface area contributed by atoms with E-state index in [0.717, 1.165) is 0 Å². The molecule has 0 unspecified atom stereocenters. The van der Waals surface area contributed by atoms with Gasteiger partial charge in [-0.15, -0.1) is 0 Å². The molecule has 0 bridgehead atoms. The van der Waals surface area contributed by atoms with Crippen molar-refractivity contribution < 1.29 is 13.9 Å². The van der Waals surface area contributed by atoms with Crippen LogP contribution in [0, 0.1) is 12.7 Å². The molecule has 0 fully saturated rings. The number of fused-ring (bicyclic) bond motifs is 1. The van der Waals surface area contributed by atoms with Crippen LogP contribution in [-0.2, 0) is 4.74 Å². The predicted molar refractivity (Wildman–Crippen MR) is 55.8 cm³/mol. The molecule has 0 atom stereocenters. The van der Waals surface area contributed by atoms with Crippen molar-refractivity contribution in [1.29, 1.82) is 0 Å². The van der Waals surface area contributed by atoms with Crippen LogP contribution in [0.15, 0.2) is 18.5 Å². The molecule has 2 rings (SSSR count). The normalized spacial score (nSPS) is 10.7. The Morgan fingerprint density at radius 2 is 2.38 bits per heavy atom. The zero-order chi connectivity index (χ0) is 11.7. The first-order valence-electron chi connectivity index (χ1n) is 4.93. The summed E-state index contributed by atoms with van der Waals surface area (Å²) in [5, 5.41) is 0. The molecule has 2 aromatic rings. The Morgan fingerprint density at radius 1 is 1.62 bits per heavy atom. The molecule has 2 aromatic heterocycles. The molecule has 0 radical (unpaired) electrons. The molecular weight excluding hydrogens is 211 g/mol. The first-order chi connectivity index (χ1) is 7.63. The molecule has 16 heavy (non-hydrogen) atoms. The maximum atomic E-state index is 13.2. The summed E-state index contributed by atoms with van der Waals surface area (Å²) in [6, 6.07) is 1.37. The van der Waals surface area contributed by atoms with E-state index in [2.05, 4.69) is 4.98 Å². The number of hydrogen-bond acceptors (Lipinski definition) is 3. The monoisotopic (exact) mass is 222 g/mol. The largest absolute Gasteiger partial charge is 0.461 e. The minimum Gasteiger partial charge on any atom is -0.461 e. The second kappa shape index (κ2) is 3.92. The van der Waals surface area contributed by atoms with Crippen LogP contribution in [0.3, 0.4) is 0 Å². The standard InChI is InChI=1S/C11H11FN2O2/c1-3-16-11(15)9-5-13-10-7(2)4-8(12)6-14(9)10/h4-6H,3H2,1-2H3. The SMILES string of the molecule is CCOC(=O)c1cnc2c(C)cc(F)cn12. The molecule has 5 heteroatoms. The lowest BCUT2D eigenvalue weighted by atomic mass is 10.3. The van der Waals surface area contributed by atoms with Crippen LogP contribution in [0.2, 0.25) is 0 Å². The summed E-state index contributed by atoms with van der Waals surface area (Å²) < 4.78 is 19.5. The van der Waals surface area contributed by atoms with E-state index in [1.165, 1.54) is 22.9 Å². The molecule has 0 N–H and O–H groups in total. The van der Waals surface area contributed by atoms with Gasteiger partial charge in [0.05, 0.1) is 12.8 Å². The van der Waals surface area contributed by atoms with Gasteiger partial charge in [0.25, 0.3) is 0 Å². The molecule has 4 nitrogen and oxygen atoms in total. The van der Waals surface area contributed by atoms with E-state index in [-0.39, 0.29) is 12.3 Å². The number of pyridine rings is 1. The van der Waals surface area contributed by atoms with Crippen LogP contribution in [0.25, 0.3) is 5.65 Å². The van der Waals surface area contributed by atoms with E-state index in [9.17, 15) is 9.18 Å². The molecule has 0 saturated heterocycles. The average molecular weight is 222 g/mol. The van der Waals surface area contributed by atoms with E-state index < -0.39 is 11.8 Å². The van der Waals surface area contributed by atoms with Gasteiger partial charge in [0.15, 0.2) is 5.69 Å². The van der Waals surface area contributed by atoms with Gasteiger partial charge >= 0.3 is 5.97 Å². The Morgan fingerprint density at radius 3 is 3.06 bits per heavy atom. The molecule has 0 aromatic carbocycles. The molecule has 0 aliphatic carbocycles. The third-order valence-electron chi connectivity index (χ3n) is 2.24. The number of nitrogens with zero attached hydrogens (tertiary/aromatic N) is 2. The molecule has 84 valence electrons. The summed E-state index contributed by atoms with van der Waals surface area (Å²) in [7, 11) is 0. The molecule has 0 spiro atoms. The second-order valence-corrected chi connectivity index (χ2v) is 3.40. The van der Waals surface area contributed by atoms with E-state index in [4.69, 9.17) is 4.74 Å². The third-order valence-corrected chi connectivity index (χ3v) is 2.24. The maximum absolute atomic E-state index is 13.2. The first-order valence-corrected chi connectivity index (χ1v) is 4.93. The van der Waals surface area contributed by atoms with Crippen molar-refractivity contribution in [2.75, 3.05) is 6.61 Å². The van der Waals surface area contributed by atoms with Crippen molar-refractivity contribution >= 4 is 11.6 Å². The van der Waals surface area contributed by atoms with Crippen LogP contribution >= 0.6 is 0 Å². The van der Waals surface area contributed by atoms with E-state index in [1.54, 1.807) is 13.8 Å². The molecule has 0 amide bonds. The number of esters is 1. The van der Waals surface area contributed by atoms with Gasteiger partial charge in [-0.2, -0.15) is 0 Å². The van der Waals surface area contributed by atoms with Gasteiger partial charge in [-0.1, -0.05) is 0 Å². The number of rotatable bonds is 2. The number of aromatic nitrogens is 2. The number of hydrogen-bond donors (Lipinski definition) is 0. The lowest BCUT2D eigenvalue weighted by molar-refractivity contribution is 0.0518. The number of carbonyl (C=O) groups excluding carboxylic acids is 1. The Balaban J connectivity index is 2.60. The third kappa shape index (κ3) is 1.64. The summed E-state index contributed by atoms with van der Waals surface area (Å²) in [4.78, 5) is 15.6. The number of halogens is 1. The van der Waals surface area contributed by atoms with E-state index >= 15 is 0 Å². The summed E-state index contributed by atoms with van der Waals surface area (Å²) in [5.74, 6) is -0.909. The van der Waals surface area contributed by atoms with E-state index in [1.807, 2.05) is 0 Å². The zero-order valence-corrected chi connectivity index (χ0v) is 9.03. The quantitative estimate of drug-likeness (QED) is 0.729. The van der Waals surface area contributed by atoms with Crippen LogP contribution < -0.4 is 0 Å². The van der Waals surface area contributed by atoms with Gasteiger partial charge in [-0.25, -0.2) is 14.2 Å². The van der Waals surface area contributed by atoms with Crippen molar-refractivity contribution in [1.82, 2.24) is 9.38 Å². The molecule has 0 aliphatic rings. The fourth-order valence-corrected chi connectivity index (χ4v) is 1.57. The smallest absolute Gasteiger partial charge is 0.356 e. The van der Waals surface area contributed by atoms with Gasteiger partial charge in [0.2, 0.25) is 0 Å². The van der Waals surface area contributed by atoms with Gasteiger partial charge in [0.1, 0.15) is 11.5 Å². The predicted octanol–water partition coefficient (Wildman–Crippen LogP) is 1.96. The fraction of sp³-hybridized carbons (Fsp3) is 0.273. The highest BCUT2D eigenvalue weighted by Gasteiger charge is 2.14. The Bertz CT molecular complexity index is 548. The van der Waals surface area contributed by atoms with Crippen molar-refractivity contribution in [2.45, 2.75) is 13.8 Å². The van der Waals surface area contributed by atoms with Crippen molar-refractivity contribution in [3.63, 3.8) is 0 Å². The lowest BCUT2D eigenvalue weighted by Gasteiger charge is -2.03. The fourth-order valence-electron chi connectivity index (χ4n) is 1.57. The van der Waals surface area contributed by atoms with Gasteiger partial charge in [0, 0.05) is 6.20 Å². The Hall–Kier alpha value is -1.91.